The van der Waals surface area contributed by atoms with Crippen LogP contribution in [0.1, 0.15) is 30.6 Å². The lowest BCUT2D eigenvalue weighted by Gasteiger charge is -2.09. The van der Waals surface area contributed by atoms with Gasteiger partial charge in [-0.25, -0.2) is 4.39 Å². The Labute approximate surface area is 123 Å². The third-order valence-corrected chi connectivity index (χ3v) is 2.59. The Hall–Kier alpha value is -1.95. The molecule has 1 aromatic carbocycles. The summed E-state index contributed by atoms with van der Waals surface area (Å²) in [6.07, 6.45) is 0.883. The van der Waals surface area contributed by atoms with E-state index in [1.54, 1.807) is 0 Å². The zero-order valence-corrected chi connectivity index (χ0v) is 12.3. The van der Waals surface area contributed by atoms with Gasteiger partial charge in [-0.3, -0.25) is 9.59 Å². The molecule has 0 fully saturated rings. The van der Waals surface area contributed by atoms with Gasteiger partial charge in [0.15, 0.2) is 0 Å². The van der Waals surface area contributed by atoms with Crippen molar-refractivity contribution in [1.82, 2.24) is 10.6 Å². The first-order valence-electron chi connectivity index (χ1n) is 6.91. The predicted octanol–water partition coefficient (Wildman–Crippen LogP) is 1.49. The molecule has 0 radical (unpaired) electrons. The van der Waals surface area contributed by atoms with Crippen LogP contribution in [0.25, 0.3) is 0 Å². The Kier molecular flexibility index (Phi) is 7.39. The summed E-state index contributed by atoms with van der Waals surface area (Å²) in [6, 6.07) is 5.30. The molecule has 1 rings (SSSR count). The van der Waals surface area contributed by atoms with E-state index >= 15 is 0 Å². The van der Waals surface area contributed by atoms with Crippen molar-refractivity contribution in [3.05, 3.63) is 35.6 Å². The summed E-state index contributed by atoms with van der Waals surface area (Å²) in [6.45, 7) is 4.82. The molecule has 0 unspecified atom stereocenters. The van der Waals surface area contributed by atoms with E-state index in [-0.39, 0.29) is 24.1 Å². The molecular formula is C15H21FN2O3. The molecule has 0 heterocycles. The lowest BCUT2D eigenvalue weighted by molar-refractivity contribution is -0.120. The average molecular weight is 296 g/mol. The van der Waals surface area contributed by atoms with Gasteiger partial charge in [0, 0.05) is 18.7 Å². The molecule has 1 aromatic rings. The zero-order valence-electron chi connectivity index (χ0n) is 12.3. The highest BCUT2D eigenvalue weighted by molar-refractivity contribution is 5.96. The molecule has 21 heavy (non-hydrogen) atoms. The van der Waals surface area contributed by atoms with Crippen molar-refractivity contribution >= 4 is 11.8 Å². The number of benzene rings is 1. The number of nitrogens with one attached hydrogen (secondary N) is 2. The maximum absolute atomic E-state index is 13.0. The standard InChI is InChI=1S/C15H21FN2O3/c1-11(2)21-8-4-7-17-14(19)10-18-15(20)12-5-3-6-13(16)9-12/h3,5-6,9,11H,4,7-8,10H2,1-2H3,(H,17,19)(H,18,20). The maximum Gasteiger partial charge on any atom is 0.251 e. The maximum atomic E-state index is 13.0. The summed E-state index contributed by atoms with van der Waals surface area (Å²) >= 11 is 0. The van der Waals surface area contributed by atoms with Crippen LogP contribution in [0.3, 0.4) is 0 Å². The van der Waals surface area contributed by atoms with Crippen LogP contribution in [-0.4, -0.2) is 37.6 Å². The lowest BCUT2D eigenvalue weighted by Crippen LogP contribution is -2.37. The van der Waals surface area contributed by atoms with Gasteiger partial charge in [-0.2, -0.15) is 0 Å². The molecule has 5 nitrogen and oxygen atoms in total. The Morgan fingerprint density at radius 2 is 2.05 bits per heavy atom. The first-order valence-corrected chi connectivity index (χ1v) is 6.91. The van der Waals surface area contributed by atoms with Crippen molar-refractivity contribution in [3.8, 4) is 0 Å². The number of carbonyl (C=O) groups excluding carboxylic acids is 2. The molecule has 0 aliphatic heterocycles. The number of halogens is 1. The highest BCUT2D eigenvalue weighted by atomic mass is 19.1. The summed E-state index contributed by atoms with van der Waals surface area (Å²) in [5.41, 5.74) is 0.188. The monoisotopic (exact) mass is 296 g/mol. The van der Waals surface area contributed by atoms with Crippen molar-refractivity contribution in [3.63, 3.8) is 0 Å². The average Bonchev–Trinajstić information content (AvgIpc) is 2.44. The van der Waals surface area contributed by atoms with Crippen molar-refractivity contribution in [2.24, 2.45) is 0 Å². The number of carbonyl (C=O) groups is 2. The van der Waals surface area contributed by atoms with Crippen molar-refractivity contribution < 1.29 is 18.7 Å². The van der Waals surface area contributed by atoms with Crippen molar-refractivity contribution in [2.75, 3.05) is 19.7 Å². The van der Waals surface area contributed by atoms with Gasteiger partial charge in [0.05, 0.1) is 12.6 Å². The first-order chi connectivity index (χ1) is 9.99. The number of amides is 2. The van der Waals surface area contributed by atoms with E-state index in [1.165, 1.54) is 18.2 Å². The molecular weight excluding hydrogens is 275 g/mol. The normalized spacial score (nSPS) is 10.5. The molecule has 0 bridgehead atoms. The second-order valence-corrected chi connectivity index (χ2v) is 4.82. The molecule has 0 aromatic heterocycles. The Bertz CT molecular complexity index is 478. The van der Waals surface area contributed by atoms with E-state index < -0.39 is 11.7 Å². The third-order valence-electron chi connectivity index (χ3n) is 2.59. The summed E-state index contributed by atoms with van der Waals surface area (Å²) in [7, 11) is 0. The summed E-state index contributed by atoms with van der Waals surface area (Å²) in [5.74, 6) is -1.26. The summed E-state index contributed by atoms with van der Waals surface area (Å²) in [5, 5.41) is 5.10. The van der Waals surface area contributed by atoms with E-state index in [2.05, 4.69) is 10.6 Å². The van der Waals surface area contributed by atoms with Crippen LogP contribution in [-0.2, 0) is 9.53 Å². The Balaban J connectivity index is 2.19. The largest absolute Gasteiger partial charge is 0.379 e. The Morgan fingerprint density at radius 3 is 2.71 bits per heavy atom. The van der Waals surface area contributed by atoms with Crippen LogP contribution >= 0.6 is 0 Å². The molecule has 6 heteroatoms. The fourth-order valence-corrected chi connectivity index (χ4v) is 1.57. The van der Waals surface area contributed by atoms with Gasteiger partial charge >= 0.3 is 0 Å². The lowest BCUT2D eigenvalue weighted by atomic mass is 10.2. The minimum atomic E-state index is -0.489. The SMILES string of the molecule is CC(C)OCCCNC(=O)CNC(=O)c1cccc(F)c1. The molecule has 0 saturated heterocycles. The molecule has 2 amide bonds. The van der Waals surface area contributed by atoms with E-state index in [1.807, 2.05) is 13.8 Å². The third kappa shape index (κ3) is 7.41. The number of ether oxygens (including phenoxy) is 1. The fraction of sp³-hybridized carbons (Fsp3) is 0.467. The van der Waals surface area contributed by atoms with Crippen molar-refractivity contribution in [2.45, 2.75) is 26.4 Å². The van der Waals surface area contributed by atoms with E-state index in [4.69, 9.17) is 4.74 Å². The van der Waals surface area contributed by atoms with Crippen LogP contribution in [0.15, 0.2) is 24.3 Å². The molecule has 0 spiro atoms. The smallest absolute Gasteiger partial charge is 0.251 e. The van der Waals surface area contributed by atoms with E-state index in [0.29, 0.717) is 19.6 Å². The minimum absolute atomic E-state index is 0.139. The van der Waals surface area contributed by atoms with E-state index in [0.717, 1.165) is 6.07 Å². The molecule has 2 N–H and O–H groups in total. The van der Waals surface area contributed by atoms with Gasteiger partial charge in [-0.1, -0.05) is 6.07 Å². The van der Waals surface area contributed by atoms with Gasteiger partial charge in [-0.15, -0.1) is 0 Å². The predicted molar refractivity (Wildman–Crippen MR) is 77.4 cm³/mol. The van der Waals surface area contributed by atoms with Gasteiger partial charge in [0.2, 0.25) is 5.91 Å². The van der Waals surface area contributed by atoms with Crippen LogP contribution in [0.2, 0.25) is 0 Å². The van der Waals surface area contributed by atoms with Gasteiger partial charge < -0.3 is 15.4 Å². The number of rotatable bonds is 8. The Morgan fingerprint density at radius 1 is 1.29 bits per heavy atom. The molecule has 0 aliphatic carbocycles. The van der Waals surface area contributed by atoms with Crippen LogP contribution in [0.5, 0.6) is 0 Å². The van der Waals surface area contributed by atoms with Gasteiger partial charge in [-0.05, 0) is 38.5 Å². The molecule has 0 saturated carbocycles. The molecule has 116 valence electrons. The second kappa shape index (κ2) is 9.07. The zero-order chi connectivity index (χ0) is 15.7. The van der Waals surface area contributed by atoms with Gasteiger partial charge in [0.25, 0.3) is 5.91 Å². The van der Waals surface area contributed by atoms with Crippen LogP contribution < -0.4 is 10.6 Å². The highest BCUT2D eigenvalue weighted by Crippen LogP contribution is 2.02. The van der Waals surface area contributed by atoms with Crippen molar-refractivity contribution in [1.29, 1.82) is 0 Å². The van der Waals surface area contributed by atoms with Gasteiger partial charge in [0.1, 0.15) is 5.82 Å². The fourth-order valence-electron chi connectivity index (χ4n) is 1.57. The second-order valence-electron chi connectivity index (χ2n) is 4.82. The summed E-state index contributed by atoms with van der Waals surface area (Å²) in [4.78, 5) is 23.2. The van der Waals surface area contributed by atoms with E-state index in [9.17, 15) is 14.0 Å². The first kappa shape index (κ1) is 17.1. The van der Waals surface area contributed by atoms with Crippen LogP contribution in [0.4, 0.5) is 4.39 Å². The quantitative estimate of drug-likeness (QED) is 0.714. The molecule has 0 aliphatic rings. The highest BCUT2D eigenvalue weighted by Gasteiger charge is 2.08. The van der Waals surface area contributed by atoms with Crippen LogP contribution in [0, 0.1) is 5.82 Å². The summed E-state index contributed by atoms with van der Waals surface area (Å²) < 4.78 is 18.3. The number of hydrogen-bond donors (Lipinski definition) is 2. The molecule has 0 atom stereocenters. The minimum Gasteiger partial charge on any atom is -0.379 e. The topological polar surface area (TPSA) is 67.4 Å². The number of hydrogen-bond acceptors (Lipinski definition) is 3.